The Morgan fingerprint density at radius 3 is 2.74 bits per heavy atom. The van der Waals surface area contributed by atoms with Gasteiger partial charge in [-0.05, 0) is 31.5 Å². The normalized spacial score (nSPS) is 13.6. The van der Waals surface area contributed by atoms with Gasteiger partial charge >= 0.3 is 0 Å². The van der Waals surface area contributed by atoms with E-state index in [0.717, 1.165) is 17.1 Å². The maximum atomic E-state index is 11.9. The van der Waals surface area contributed by atoms with Gasteiger partial charge in [-0.2, -0.15) is 0 Å². The lowest BCUT2D eigenvalue weighted by Gasteiger charge is -2.23. The van der Waals surface area contributed by atoms with E-state index in [1.165, 1.54) is 0 Å². The number of benzene rings is 1. The van der Waals surface area contributed by atoms with Gasteiger partial charge in [-0.25, -0.2) is 0 Å². The number of rotatable bonds is 4. The van der Waals surface area contributed by atoms with Crippen LogP contribution in [0.15, 0.2) is 18.2 Å². The number of nitrogens with two attached hydrogens (primary N) is 1. The summed E-state index contributed by atoms with van der Waals surface area (Å²) in [5.41, 5.74) is 6.63. The molecule has 1 atom stereocenters. The fourth-order valence-corrected chi connectivity index (χ4v) is 1.89. The molecular formula is C13H19ClN2O3. The van der Waals surface area contributed by atoms with E-state index < -0.39 is 6.04 Å². The molecule has 1 aromatic rings. The topological polar surface area (TPSA) is 64.8 Å². The minimum Gasteiger partial charge on any atom is -0.454 e. The van der Waals surface area contributed by atoms with Gasteiger partial charge in [0.1, 0.15) is 0 Å². The molecule has 0 radical (unpaired) electrons. The minimum absolute atomic E-state index is 0. The number of halogens is 1. The molecule has 0 saturated carbocycles. The molecule has 1 amide bonds. The van der Waals surface area contributed by atoms with Gasteiger partial charge in [0.05, 0.1) is 6.04 Å². The molecule has 106 valence electrons. The predicted octanol–water partition coefficient (Wildman–Crippen LogP) is 1.53. The third-order valence-electron chi connectivity index (χ3n) is 2.89. The van der Waals surface area contributed by atoms with E-state index in [0.29, 0.717) is 13.1 Å². The zero-order valence-corrected chi connectivity index (χ0v) is 11.9. The van der Waals surface area contributed by atoms with Crippen LogP contribution < -0.4 is 15.2 Å². The standard InChI is InChI=1S/C13H18N2O3.ClH/c1-3-15(13(16)9(2)14)7-10-4-5-11-12(6-10)18-8-17-11;/h4-6,9H,3,7-8,14H2,1-2H3;1H/t9-;/m0./s1. The Labute approximate surface area is 119 Å². The fourth-order valence-electron chi connectivity index (χ4n) is 1.89. The summed E-state index contributed by atoms with van der Waals surface area (Å²) in [6.07, 6.45) is 0. The molecule has 0 unspecified atom stereocenters. The second kappa shape index (κ2) is 6.63. The fraction of sp³-hybridized carbons (Fsp3) is 0.462. The van der Waals surface area contributed by atoms with Crippen molar-refractivity contribution < 1.29 is 14.3 Å². The number of likely N-dealkylation sites (N-methyl/N-ethyl adjacent to an activating group) is 1. The van der Waals surface area contributed by atoms with Gasteiger partial charge in [-0.1, -0.05) is 6.07 Å². The average Bonchev–Trinajstić information content (AvgIpc) is 2.82. The summed E-state index contributed by atoms with van der Waals surface area (Å²) in [5, 5.41) is 0. The molecule has 2 N–H and O–H groups in total. The third kappa shape index (κ3) is 3.52. The van der Waals surface area contributed by atoms with Crippen molar-refractivity contribution in [2.24, 2.45) is 5.73 Å². The van der Waals surface area contributed by atoms with Gasteiger partial charge in [0.2, 0.25) is 12.7 Å². The first-order valence-corrected chi connectivity index (χ1v) is 6.04. The molecule has 6 heteroatoms. The van der Waals surface area contributed by atoms with Crippen LogP contribution in [0.5, 0.6) is 11.5 Å². The van der Waals surface area contributed by atoms with Crippen LogP contribution in [0.2, 0.25) is 0 Å². The first kappa shape index (κ1) is 15.6. The maximum absolute atomic E-state index is 11.9. The maximum Gasteiger partial charge on any atom is 0.239 e. The summed E-state index contributed by atoms with van der Waals surface area (Å²) < 4.78 is 10.6. The van der Waals surface area contributed by atoms with Gasteiger partial charge < -0.3 is 20.1 Å². The minimum atomic E-state index is -0.473. The van der Waals surface area contributed by atoms with Crippen molar-refractivity contribution in [1.29, 1.82) is 0 Å². The summed E-state index contributed by atoms with van der Waals surface area (Å²) in [6, 6.07) is 5.23. The summed E-state index contributed by atoms with van der Waals surface area (Å²) >= 11 is 0. The molecule has 0 aromatic heterocycles. The number of carbonyl (C=O) groups is 1. The molecule has 0 saturated heterocycles. The van der Waals surface area contributed by atoms with Crippen LogP contribution in [0.1, 0.15) is 19.4 Å². The van der Waals surface area contributed by atoms with Crippen LogP contribution in [-0.4, -0.2) is 30.2 Å². The van der Waals surface area contributed by atoms with Crippen LogP contribution >= 0.6 is 12.4 Å². The number of hydrogen-bond acceptors (Lipinski definition) is 4. The molecule has 1 aromatic carbocycles. The highest BCUT2D eigenvalue weighted by molar-refractivity contribution is 5.85. The van der Waals surface area contributed by atoms with E-state index in [1.54, 1.807) is 11.8 Å². The largest absolute Gasteiger partial charge is 0.454 e. The quantitative estimate of drug-likeness (QED) is 0.912. The predicted molar refractivity (Wildman–Crippen MR) is 74.6 cm³/mol. The van der Waals surface area contributed by atoms with Crippen molar-refractivity contribution in [2.75, 3.05) is 13.3 Å². The highest BCUT2D eigenvalue weighted by Gasteiger charge is 2.18. The molecule has 0 fully saturated rings. The Balaban J connectivity index is 0.00000180. The van der Waals surface area contributed by atoms with Crippen molar-refractivity contribution >= 4 is 18.3 Å². The Morgan fingerprint density at radius 1 is 1.42 bits per heavy atom. The van der Waals surface area contributed by atoms with Crippen molar-refractivity contribution in [3.63, 3.8) is 0 Å². The van der Waals surface area contributed by atoms with Crippen molar-refractivity contribution in [3.8, 4) is 11.5 Å². The van der Waals surface area contributed by atoms with Gasteiger partial charge in [-0.15, -0.1) is 12.4 Å². The summed E-state index contributed by atoms with van der Waals surface area (Å²) in [7, 11) is 0. The Hall–Kier alpha value is -1.46. The van der Waals surface area contributed by atoms with E-state index >= 15 is 0 Å². The highest BCUT2D eigenvalue weighted by Crippen LogP contribution is 2.32. The molecule has 0 bridgehead atoms. The molecule has 19 heavy (non-hydrogen) atoms. The lowest BCUT2D eigenvalue weighted by molar-refractivity contribution is -0.132. The van der Waals surface area contributed by atoms with Crippen molar-refractivity contribution in [1.82, 2.24) is 4.90 Å². The molecule has 1 aliphatic heterocycles. The molecule has 0 aliphatic carbocycles. The molecule has 1 aliphatic rings. The van der Waals surface area contributed by atoms with Gasteiger partial charge in [0.25, 0.3) is 0 Å². The molecule has 5 nitrogen and oxygen atoms in total. The summed E-state index contributed by atoms with van der Waals surface area (Å²) in [5.74, 6) is 1.44. The highest BCUT2D eigenvalue weighted by atomic mass is 35.5. The van der Waals surface area contributed by atoms with Crippen LogP contribution in [0, 0.1) is 0 Å². The average molecular weight is 287 g/mol. The SMILES string of the molecule is CCN(Cc1ccc2c(c1)OCO2)C(=O)[C@H](C)N.Cl. The second-order valence-electron chi connectivity index (χ2n) is 4.33. The Bertz CT molecular complexity index is 452. The van der Waals surface area contributed by atoms with Crippen LogP contribution in [-0.2, 0) is 11.3 Å². The summed E-state index contributed by atoms with van der Waals surface area (Å²) in [4.78, 5) is 13.6. The molecule has 2 rings (SSSR count). The van der Waals surface area contributed by atoms with E-state index in [2.05, 4.69) is 0 Å². The van der Waals surface area contributed by atoms with E-state index in [1.807, 2.05) is 25.1 Å². The smallest absolute Gasteiger partial charge is 0.239 e. The Kier molecular flexibility index (Phi) is 5.44. The Morgan fingerprint density at radius 2 is 2.11 bits per heavy atom. The summed E-state index contributed by atoms with van der Waals surface area (Å²) in [6.45, 7) is 5.06. The lowest BCUT2D eigenvalue weighted by atomic mass is 10.1. The van der Waals surface area contributed by atoms with Crippen LogP contribution in [0.4, 0.5) is 0 Å². The third-order valence-corrected chi connectivity index (χ3v) is 2.89. The van der Waals surface area contributed by atoms with E-state index in [4.69, 9.17) is 15.2 Å². The number of hydrogen-bond donors (Lipinski definition) is 1. The number of nitrogens with zero attached hydrogens (tertiary/aromatic N) is 1. The van der Waals surface area contributed by atoms with Crippen molar-refractivity contribution in [2.45, 2.75) is 26.4 Å². The molecule has 1 heterocycles. The zero-order valence-electron chi connectivity index (χ0n) is 11.1. The van der Waals surface area contributed by atoms with E-state index in [-0.39, 0.29) is 25.1 Å². The van der Waals surface area contributed by atoms with E-state index in [9.17, 15) is 4.79 Å². The first-order chi connectivity index (χ1) is 8.61. The number of amides is 1. The molecule has 0 spiro atoms. The van der Waals surface area contributed by atoms with Crippen LogP contribution in [0.3, 0.4) is 0 Å². The number of carbonyl (C=O) groups excluding carboxylic acids is 1. The van der Waals surface area contributed by atoms with Crippen LogP contribution in [0.25, 0.3) is 0 Å². The van der Waals surface area contributed by atoms with Gasteiger partial charge in [-0.3, -0.25) is 4.79 Å². The monoisotopic (exact) mass is 286 g/mol. The number of ether oxygens (including phenoxy) is 2. The second-order valence-corrected chi connectivity index (χ2v) is 4.33. The first-order valence-electron chi connectivity index (χ1n) is 6.04. The molecular weight excluding hydrogens is 268 g/mol. The van der Waals surface area contributed by atoms with Crippen molar-refractivity contribution in [3.05, 3.63) is 23.8 Å². The van der Waals surface area contributed by atoms with Gasteiger partial charge in [0.15, 0.2) is 11.5 Å². The zero-order chi connectivity index (χ0) is 13.1. The lowest BCUT2D eigenvalue weighted by Crippen LogP contribution is -2.41. The van der Waals surface area contributed by atoms with Gasteiger partial charge in [0, 0.05) is 13.1 Å². The number of fused-ring (bicyclic) bond motifs is 1.